The lowest BCUT2D eigenvalue weighted by Gasteiger charge is -2.19. The van der Waals surface area contributed by atoms with Crippen LogP contribution in [0.1, 0.15) is 40.9 Å². The first-order valence-corrected chi connectivity index (χ1v) is 9.34. The number of nitrogens with two attached hydrogens (primary N) is 1. The van der Waals surface area contributed by atoms with Gasteiger partial charge >= 0.3 is 0 Å². The van der Waals surface area contributed by atoms with Gasteiger partial charge < -0.3 is 10.6 Å². The van der Waals surface area contributed by atoms with Crippen molar-refractivity contribution in [2.75, 3.05) is 18.8 Å². The van der Waals surface area contributed by atoms with E-state index in [4.69, 9.17) is 10.7 Å². The summed E-state index contributed by atoms with van der Waals surface area (Å²) in [6, 6.07) is 8.26. The van der Waals surface area contributed by atoms with Crippen LogP contribution in [0.2, 0.25) is 0 Å². The molecule has 0 radical (unpaired) electrons. The number of hydrogen-bond acceptors (Lipinski definition) is 4. The molecule has 24 heavy (non-hydrogen) atoms. The minimum Gasteiger partial charge on any atom is -0.397 e. The molecule has 2 N–H and O–H groups in total. The molecule has 1 aromatic carbocycles. The number of fused-ring (bicyclic) bond motifs is 2. The highest BCUT2D eigenvalue weighted by atomic mass is 32.1. The number of benzene rings is 1. The van der Waals surface area contributed by atoms with Crippen molar-refractivity contribution in [1.29, 1.82) is 0 Å². The quantitative estimate of drug-likeness (QED) is 0.717. The van der Waals surface area contributed by atoms with Gasteiger partial charge in [-0.15, -0.1) is 11.3 Å². The molecule has 1 aliphatic heterocycles. The molecule has 124 valence electrons. The number of aryl methyl sites for hydroxylation is 1. The Kier molecular flexibility index (Phi) is 3.88. The van der Waals surface area contributed by atoms with E-state index in [1.807, 2.05) is 4.90 Å². The first kappa shape index (κ1) is 15.4. The SMILES string of the molecule is Cc1ccc2cc3c(N)c(C(=O)N4CCCCCC4)sc3nc2c1. The molecular weight excluding hydrogens is 318 g/mol. The fraction of sp³-hybridized carbons (Fsp3) is 0.368. The summed E-state index contributed by atoms with van der Waals surface area (Å²) < 4.78 is 0. The first-order chi connectivity index (χ1) is 11.6. The zero-order chi connectivity index (χ0) is 16.7. The molecule has 1 amide bonds. The van der Waals surface area contributed by atoms with Crippen molar-refractivity contribution < 1.29 is 4.79 Å². The van der Waals surface area contributed by atoms with Crippen molar-refractivity contribution in [1.82, 2.24) is 9.88 Å². The molecule has 3 aromatic rings. The van der Waals surface area contributed by atoms with Gasteiger partial charge in [-0.25, -0.2) is 4.98 Å². The van der Waals surface area contributed by atoms with Gasteiger partial charge in [0.05, 0.1) is 11.2 Å². The maximum Gasteiger partial charge on any atom is 0.266 e. The average molecular weight is 339 g/mol. The second-order valence-electron chi connectivity index (χ2n) is 6.59. The zero-order valence-corrected chi connectivity index (χ0v) is 14.7. The second-order valence-corrected chi connectivity index (χ2v) is 7.59. The molecule has 4 rings (SSSR count). The number of carbonyl (C=O) groups is 1. The van der Waals surface area contributed by atoms with Crippen LogP contribution in [-0.2, 0) is 0 Å². The lowest BCUT2D eigenvalue weighted by molar-refractivity contribution is 0.0767. The number of thiophene rings is 1. The Bertz CT molecular complexity index is 923. The predicted octanol–water partition coefficient (Wildman–Crippen LogP) is 4.36. The molecule has 0 saturated carbocycles. The zero-order valence-electron chi connectivity index (χ0n) is 13.8. The van der Waals surface area contributed by atoms with Crippen LogP contribution in [0.25, 0.3) is 21.1 Å². The van der Waals surface area contributed by atoms with E-state index in [-0.39, 0.29) is 5.91 Å². The first-order valence-electron chi connectivity index (χ1n) is 8.52. The van der Waals surface area contributed by atoms with Crippen molar-refractivity contribution in [3.63, 3.8) is 0 Å². The minimum atomic E-state index is 0.0673. The van der Waals surface area contributed by atoms with Crippen LogP contribution in [-0.4, -0.2) is 28.9 Å². The molecule has 1 fully saturated rings. The molecule has 0 bridgehead atoms. The largest absolute Gasteiger partial charge is 0.397 e. The van der Waals surface area contributed by atoms with Crippen LogP contribution in [0.3, 0.4) is 0 Å². The van der Waals surface area contributed by atoms with Gasteiger partial charge in [-0.3, -0.25) is 4.79 Å². The van der Waals surface area contributed by atoms with Gasteiger partial charge in [-0.05, 0) is 37.5 Å². The molecule has 0 aliphatic carbocycles. The molecule has 5 heteroatoms. The van der Waals surface area contributed by atoms with E-state index >= 15 is 0 Å². The normalized spacial score (nSPS) is 15.8. The van der Waals surface area contributed by atoms with E-state index in [9.17, 15) is 4.79 Å². The number of rotatable bonds is 1. The molecule has 1 saturated heterocycles. The average Bonchev–Trinajstić information content (AvgIpc) is 2.77. The standard InChI is InChI=1S/C19H21N3OS/c1-12-6-7-13-11-14-16(20)17(24-18(14)21-15(13)10-12)19(23)22-8-4-2-3-5-9-22/h6-7,10-11H,2-5,8-9,20H2,1H3. The van der Waals surface area contributed by atoms with E-state index in [1.54, 1.807) is 0 Å². The summed E-state index contributed by atoms with van der Waals surface area (Å²) in [4.78, 5) is 21.1. The molecule has 2 aromatic heterocycles. The number of likely N-dealkylation sites (tertiary alicyclic amines) is 1. The topological polar surface area (TPSA) is 59.2 Å². The monoisotopic (exact) mass is 339 g/mol. The number of nitrogen functional groups attached to an aromatic ring is 1. The summed E-state index contributed by atoms with van der Waals surface area (Å²) in [5, 5.41) is 1.96. The van der Waals surface area contributed by atoms with Crippen molar-refractivity contribution in [3.05, 3.63) is 34.7 Å². The number of pyridine rings is 1. The van der Waals surface area contributed by atoms with E-state index in [2.05, 4.69) is 31.2 Å². The Balaban J connectivity index is 1.79. The van der Waals surface area contributed by atoms with Gasteiger partial charge in [0.15, 0.2) is 0 Å². The number of nitrogens with zero attached hydrogens (tertiary/aromatic N) is 2. The summed E-state index contributed by atoms with van der Waals surface area (Å²) in [5.74, 6) is 0.0673. The number of anilines is 1. The summed E-state index contributed by atoms with van der Waals surface area (Å²) in [5.41, 5.74) is 9.05. The van der Waals surface area contributed by atoms with Gasteiger partial charge in [-0.1, -0.05) is 25.0 Å². The van der Waals surface area contributed by atoms with Crippen molar-refractivity contribution in [2.45, 2.75) is 32.6 Å². The number of amides is 1. The molecule has 0 atom stereocenters. The minimum absolute atomic E-state index is 0.0673. The second kappa shape index (κ2) is 6.06. The Morgan fingerprint density at radius 3 is 2.67 bits per heavy atom. The lowest BCUT2D eigenvalue weighted by atomic mass is 10.1. The highest BCUT2D eigenvalue weighted by Crippen LogP contribution is 2.35. The van der Waals surface area contributed by atoms with Gasteiger partial charge in [0.2, 0.25) is 0 Å². The summed E-state index contributed by atoms with van der Waals surface area (Å²) in [7, 11) is 0. The maximum atomic E-state index is 12.9. The third-order valence-corrected chi connectivity index (χ3v) is 5.86. The van der Waals surface area contributed by atoms with Gasteiger partial charge in [0.1, 0.15) is 9.71 Å². The van der Waals surface area contributed by atoms with Crippen molar-refractivity contribution in [3.8, 4) is 0 Å². The number of carbonyl (C=O) groups excluding carboxylic acids is 1. The molecular formula is C19H21N3OS. The number of aromatic nitrogens is 1. The summed E-state index contributed by atoms with van der Waals surface area (Å²) in [6.07, 6.45) is 4.58. The molecule has 0 unspecified atom stereocenters. The van der Waals surface area contributed by atoms with Crippen molar-refractivity contribution >= 4 is 44.1 Å². The molecule has 3 heterocycles. The Morgan fingerprint density at radius 2 is 1.92 bits per heavy atom. The molecule has 4 nitrogen and oxygen atoms in total. The van der Waals surface area contributed by atoms with Crippen LogP contribution >= 0.6 is 11.3 Å². The van der Waals surface area contributed by atoms with Crippen LogP contribution in [0, 0.1) is 6.92 Å². The van der Waals surface area contributed by atoms with E-state index in [0.29, 0.717) is 10.6 Å². The van der Waals surface area contributed by atoms with E-state index < -0.39 is 0 Å². The third kappa shape index (κ3) is 2.63. The van der Waals surface area contributed by atoms with E-state index in [0.717, 1.165) is 47.1 Å². The van der Waals surface area contributed by atoms with Gasteiger partial charge in [-0.2, -0.15) is 0 Å². The third-order valence-electron chi connectivity index (χ3n) is 4.76. The fourth-order valence-electron chi connectivity index (χ4n) is 3.38. The lowest BCUT2D eigenvalue weighted by Crippen LogP contribution is -2.31. The van der Waals surface area contributed by atoms with Crippen LogP contribution in [0.5, 0.6) is 0 Å². The van der Waals surface area contributed by atoms with Gasteiger partial charge in [0, 0.05) is 23.9 Å². The fourth-order valence-corrected chi connectivity index (χ4v) is 4.43. The smallest absolute Gasteiger partial charge is 0.266 e. The molecule has 0 spiro atoms. The maximum absolute atomic E-state index is 12.9. The highest BCUT2D eigenvalue weighted by molar-refractivity contribution is 7.21. The van der Waals surface area contributed by atoms with Crippen LogP contribution in [0.4, 0.5) is 5.69 Å². The Hall–Kier alpha value is -2.14. The number of hydrogen-bond donors (Lipinski definition) is 1. The van der Waals surface area contributed by atoms with Crippen LogP contribution in [0.15, 0.2) is 24.3 Å². The van der Waals surface area contributed by atoms with Crippen molar-refractivity contribution in [2.24, 2.45) is 0 Å². The van der Waals surface area contributed by atoms with E-state index in [1.165, 1.54) is 29.7 Å². The Labute approximate surface area is 145 Å². The highest BCUT2D eigenvalue weighted by Gasteiger charge is 2.23. The summed E-state index contributed by atoms with van der Waals surface area (Å²) in [6.45, 7) is 3.73. The van der Waals surface area contributed by atoms with Gasteiger partial charge in [0.25, 0.3) is 5.91 Å². The predicted molar refractivity (Wildman–Crippen MR) is 101 cm³/mol. The van der Waals surface area contributed by atoms with Crippen LogP contribution < -0.4 is 5.73 Å². The summed E-state index contributed by atoms with van der Waals surface area (Å²) >= 11 is 1.43. The molecule has 1 aliphatic rings. The Morgan fingerprint density at radius 1 is 1.17 bits per heavy atom.